The largest absolute Gasteiger partial charge is 0.384 e. The van der Waals surface area contributed by atoms with Crippen molar-refractivity contribution >= 4 is 17.2 Å². The van der Waals surface area contributed by atoms with Crippen LogP contribution in [-0.2, 0) is 0 Å². The summed E-state index contributed by atoms with van der Waals surface area (Å²) in [5, 5.41) is 10.5. The Kier molecular flexibility index (Phi) is 5.60. The minimum atomic E-state index is -0.156. The fraction of sp³-hybridized carbons (Fsp3) is 0.533. The van der Waals surface area contributed by atoms with E-state index in [0.29, 0.717) is 5.56 Å². The third kappa shape index (κ3) is 4.07. The number of rotatable bonds is 4. The van der Waals surface area contributed by atoms with Crippen molar-refractivity contribution in [1.29, 1.82) is 0 Å². The minimum absolute atomic E-state index is 0.0393. The number of hydrogen-bond acceptors (Lipinski definition) is 4. The van der Waals surface area contributed by atoms with Crippen LogP contribution in [0.4, 0.5) is 0 Å². The number of aliphatic hydroxyl groups is 1. The van der Waals surface area contributed by atoms with Crippen molar-refractivity contribution in [2.75, 3.05) is 39.8 Å². The van der Waals surface area contributed by atoms with E-state index in [9.17, 15) is 4.79 Å². The number of carbonyl (C=O) groups is 1. The molecule has 0 saturated carbocycles. The number of hydrogen-bond donors (Lipinski definition) is 1. The number of carbonyl (C=O) groups excluding carboxylic acids is 1. The normalized spacial score (nSPS) is 14.9. The summed E-state index contributed by atoms with van der Waals surface area (Å²) in [6.07, 6.45) is 2.55. The number of nitrogens with zero attached hydrogens (tertiary/aromatic N) is 2. The monoisotopic (exact) mass is 292 g/mol. The fourth-order valence-corrected chi connectivity index (χ4v) is 3.01. The van der Waals surface area contributed by atoms with Crippen LogP contribution in [0.2, 0.25) is 0 Å². The summed E-state index contributed by atoms with van der Waals surface area (Å²) in [5.41, 5.74) is 0.682. The van der Waals surface area contributed by atoms with Gasteiger partial charge in [0.25, 0.3) is 5.91 Å². The van der Waals surface area contributed by atoms with E-state index in [-0.39, 0.29) is 12.5 Å². The Morgan fingerprint density at radius 3 is 2.95 bits per heavy atom. The molecular formula is C15H20N2O2S. The van der Waals surface area contributed by atoms with Crippen LogP contribution in [0.1, 0.15) is 28.1 Å². The van der Waals surface area contributed by atoms with Crippen molar-refractivity contribution in [3.8, 4) is 11.8 Å². The molecule has 0 bridgehead atoms. The Labute approximate surface area is 124 Å². The van der Waals surface area contributed by atoms with Crippen molar-refractivity contribution in [2.24, 2.45) is 0 Å². The van der Waals surface area contributed by atoms with E-state index in [1.54, 1.807) is 11.0 Å². The van der Waals surface area contributed by atoms with Gasteiger partial charge in [-0.2, -0.15) is 0 Å². The fourth-order valence-electron chi connectivity index (χ4n) is 2.26. The van der Waals surface area contributed by atoms with Gasteiger partial charge in [0.2, 0.25) is 0 Å². The molecule has 1 N–H and O–H groups in total. The highest BCUT2D eigenvalue weighted by atomic mass is 32.1. The maximum atomic E-state index is 12.3. The summed E-state index contributed by atoms with van der Waals surface area (Å²) in [6.45, 7) is 3.86. The van der Waals surface area contributed by atoms with Crippen LogP contribution in [0.25, 0.3) is 0 Å². The molecule has 1 aromatic rings. The highest BCUT2D eigenvalue weighted by Gasteiger charge is 2.16. The van der Waals surface area contributed by atoms with Crippen molar-refractivity contribution in [1.82, 2.24) is 9.80 Å². The standard InChI is InChI=1S/C15H20N2O2S/c1-16(8-9-17-6-2-3-7-17)15(19)13-11-14(20-12-13)5-4-10-18/h11-12,18H,2-3,6-10H2,1H3. The molecule has 4 nitrogen and oxygen atoms in total. The predicted molar refractivity (Wildman–Crippen MR) is 80.9 cm³/mol. The van der Waals surface area contributed by atoms with E-state index in [2.05, 4.69) is 16.7 Å². The lowest BCUT2D eigenvalue weighted by molar-refractivity contribution is 0.0783. The summed E-state index contributed by atoms with van der Waals surface area (Å²) in [7, 11) is 1.84. The lowest BCUT2D eigenvalue weighted by Crippen LogP contribution is -2.35. The molecule has 0 aromatic carbocycles. The number of aliphatic hydroxyl groups excluding tert-OH is 1. The molecule has 0 atom stereocenters. The van der Waals surface area contributed by atoms with Crippen LogP contribution in [0.5, 0.6) is 0 Å². The molecule has 2 heterocycles. The van der Waals surface area contributed by atoms with Crippen molar-refractivity contribution in [2.45, 2.75) is 12.8 Å². The van der Waals surface area contributed by atoms with Crippen LogP contribution in [0, 0.1) is 11.8 Å². The summed E-state index contributed by atoms with van der Waals surface area (Å²) >= 11 is 1.44. The van der Waals surface area contributed by atoms with Crippen LogP contribution < -0.4 is 0 Å². The average molecular weight is 292 g/mol. The van der Waals surface area contributed by atoms with Gasteiger partial charge in [-0.1, -0.05) is 11.8 Å². The van der Waals surface area contributed by atoms with E-state index in [1.807, 2.05) is 12.4 Å². The Morgan fingerprint density at radius 1 is 1.50 bits per heavy atom. The first-order valence-corrected chi connectivity index (χ1v) is 7.75. The third-order valence-electron chi connectivity index (χ3n) is 3.43. The maximum absolute atomic E-state index is 12.3. The SMILES string of the molecule is CN(CCN1CCCC1)C(=O)c1csc(C#CCO)c1. The first-order valence-electron chi connectivity index (χ1n) is 6.87. The predicted octanol–water partition coefficient (Wildman–Crippen LogP) is 1.26. The van der Waals surface area contributed by atoms with E-state index in [1.165, 1.54) is 24.2 Å². The molecule has 0 spiro atoms. The molecular weight excluding hydrogens is 272 g/mol. The molecule has 1 aliphatic heterocycles. The van der Waals surface area contributed by atoms with Crippen LogP contribution in [0.15, 0.2) is 11.4 Å². The smallest absolute Gasteiger partial charge is 0.254 e. The third-order valence-corrected chi connectivity index (χ3v) is 4.28. The number of thiophene rings is 1. The second-order valence-corrected chi connectivity index (χ2v) is 5.85. The minimum Gasteiger partial charge on any atom is -0.384 e. The van der Waals surface area contributed by atoms with E-state index in [4.69, 9.17) is 5.11 Å². The average Bonchev–Trinajstić information content (AvgIpc) is 3.12. The summed E-state index contributed by atoms with van der Waals surface area (Å²) in [6, 6.07) is 1.79. The van der Waals surface area contributed by atoms with Gasteiger partial charge in [0.1, 0.15) is 6.61 Å². The van der Waals surface area contributed by atoms with Crippen LogP contribution in [0.3, 0.4) is 0 Å². The lowest BCUT2D eigenvalue weighted by atomic mass is 10.2. The van der Waals surface area contributed by atoms with Gasteiger partial charge in [0, 0.05) is 25.5 Å². The Bertz CT molecular complexity index is 509. The van der Waals surface area contributed by atoms with Gasteiger partial charge in [0.15, 0.2) is 0 Å². The van der Waals surface area contributed by atoms with E-state index in [0.717, 1.165) is 31.1 Å². The molecule has 1 saturated heterocycles. The van der Waals surface area contributed by atoms with Crippen molar-refractivity contribution < 1.29 is 9.90 Å². The molecule has 108 valence electrons. The molecule has 0 aliphatic carbocycles. The van der Waals surface area contributed by atoms with E-state index < -0.39 is 0 Å². The second-order valence-electron chi connectivity index (χ2n) is 4.93. The topological polar surface area (TPSA) is 43.8 Å². The molecule has 2 rings (SSSR count). The van der Waals surface area contributed by atoms with Crippen molar-refractivity contribution in [3.63, 3.8) is 0 Å². The Hall–Kier alpha value is -1.35. The summed E-state index contributed by atoms with van der Waals surface area (Å²) < 4.78 is 0. The molecule has 0 unspecified atom stereocenters. The lowest BCUT2D eigenvalue weighted by Gasteiger charge is -2.21. The zero-order chi connectivity index (χ0) is 14.4. The van der Waals surface area contributed by atoms with E-state index >= 15 is 0 Å². The molecule has 5 heteroatoms. The molecule has 0 radical (unpaired) electrons. The number of likely N-dealkylation sites (tertiary alicyclic amines) is 1. The van der Waals surface area contributed by atoms with Crippen molar-refractivity contribution in [3.05, 3.63) is 21.9 Å². The second kappa shape index (κ2) is 7.44. The van der Waals surface area contributed by atoms with Gasteiger partial charge >= 0.3 is 0 Å². The maximum Gasteiger partial charge on any atom is 0.254 e. The Balaban J connectivity index is 1.87. The van der Waals surface area contributed by atoms with Gasteiger partial charge in [-0.05, 0) is 32.0 Å². The van der Waals surface area contributed by atoms with Crippen LogP contribution in [-0.4, -0.2) is 60.6 Å². The first-order chi connectivity index (χ1) is 9.70. The molecule has 1 aromatic heterocycles. The molecule has 1 aliphatic rings. The molecule has 1 fully saturated rings. The zero-order valence-corrected chi connectivity index (χ0v) is 12.6. The van der Waals surface area contributed by atoms with Gasteiger partial charge in [0.05, 0.1) is 10.4 Å². The van der Waals surface area contributed by atoms with Gasteiger partial charge < -0.3 is 14.9 Å². The number of likely N-dealkylation sites (N-methyl/N-ethyl adjacent to an activating group) is 1. The quantitative estimate of drug-likeness (QED) is 0.850. The summed E-state index contributed by atoms with van der Waals surface area (Å²) in [5.74, 6) is 5.46. The molecule has 20 heavy (non-hydrogen) atoms. The van der Waals surface area contributed by atoms with Crippen LogP contribution >= 0.6 is 11.3 Å². The van der Waals surface area contributed by atoms with Gasteiger partial charge in [-0.15, -0.1) is 11.3 Å². The number of amides is 1. The molecule has 1 amide bonds. The zero-order valence-electron chi connectivity index (χ0n) is 11.8. The Morgan fingerprint density at radius 2 is 2.25 bits per heavy atom. The van der Waals surface area contributed by atoms with Gasteiger partial charge in [-0.3, -0.25) is 4.79 Å². The first kappa shape index (κ1) is 15.0. The highest BCUT2D eigenvalue weighted by Crippen LogP contribution is 2.15. The summed E-state index contributed by atoms with van der Waals surface area (Å²) in [4.78, 5) is 17.2. The van der Waals surface area contributed by atoms with Gasteiger partial charge in [-0.25, -0.2) is 0 Å². The highest BCUT2D eigenvalue weighted by molar-refractivity contribution is 7.10.